The molecule has 0 aliphatic heterocycles. The van der Waals surface area contributed by atoms with Gasteiger partial charge in [-0.1, -0.05) is 0 Å². The standard InChI is InChI=1S/F.Na.2H3O4P.V/c;;2*1-5(2,3)4;/h;;2*(H3,1,2,3,4);/q;+1;;;+5/p-6. The SMILES string of the molecule is O=P([O-])([O-])[O-].O=P([O-])([O-])[O-].[F].[Na+].[V+5]. The number of hydrogen-bond donors (Lipinski definition) is 0. The van der Waals surface area contributed by atoms with Crippen molar-refractivity contribution in [1.82, 2.24) is 0 Å². The molecule has 8 nitrogen and oxygen atoms in total. The van der Waals surface area contributed by atoms with E-state index in [9.17, 15) is 0 Å². The Morgan fingerprint density at radius 3 is 0.692 bits per heavy atom. The van der Waals surface area contributed by atoms with Crippen molar-refractivity contribution in [3.05, 3.63) is 0 Å². The Balaban J connectivity index is -0.0000000267. The molecule has 71 valence electrons. The minimum atomic E-state index is -5.39. The van der Waals surface area contributed by atoms with Crippen LogP contribution in [0.2, 0.25) is 0 Å². The fourth-order valence-corrected chi connectivity index (χ4v) is 0. The molecule has 0 aliphatic rings. The normalized spacial score (nSPS) is 9.08. The fourth-order valence-electron chi connectivity index (χ4n) is 0. The van der Waals surface area contributed by atoms with Crippen LogP contribution in [0.1, 0.15) is 0 Å². The number of rotatable bonds is 0. The molecule has 0 aromatic rings. The molecule has 0 unspecified atom stereocenters. The Morgan fingerprint density at radius 2 is 0.692 bits per heavy atom. The molecule has 0 spiro atoms. The predicted octanol–water partition coefficient (Wildman–Crippen LogP) is -8.23. The van der Waals surface area contributed by atoms with Gasteiger partial charge >= 0.3 is 48.1 Å². The minimum absolute atomic E-state index is 0. The molecule has 0 saturated heterocycles. The van der Waals surface area contributed by atoms with Gasteiger partial charge in [-0.3, -0.25) is 0 Å². The van der Waals surface area contributed by atoms with E-state index in [0.29, 0.717) is 0 Å². The van der Waals surface area contributed by atoms with Crippen molar-refractivity contribution in [1.29, 1.82) is 0 Å². The third-order valence-corrected chi connectivity index (χ3v) is 0. The smallest absolute Gasteiger partial charge is 0.822 e. The second-order valence-electron chi connectivity index (χ2n) is 0.894. The molecular weight excluding hydrogens is 283 g/mol. The summed E-state index contributed by atoms with van der Waals surface area (Å²) in [5.41, 5.74) is 0. The van der Waals surface area contributed by atoms with Gasteiger partial charge in [-0.2, -0.15) is 15.6 Å². The van der Waals surface area contributed by atoms with Crippen molar-refractivity contribution in [3.63, 3.8) is 0 Å². The molecule has 0 saturated carbocycles. The first-order chi connectivity index (χ1) is 4.00. The van der Waals surface area contributed by atoms with Crippen LogP contribution in [-0.2, 0) is 27.7 Å². The van der Waals surface area contributed by atoms with Gasteiger partial charge in [0.2, 0.25) is 0 Å². The van der Waals surface area contributed by atoms with Crippen LogP contribution in [0.25, 0.3) is 0 Å². The van der Waals surface area contributed by atoms with Gasteiger partial charge in [-0.15, -0.1) is 0 Å². The summed E-state index contributed by atoms with van der Waals surface area (Å²) >= 11 is 0. The van der Waals surface area contributed by atoms with Gasteiger partial charge in [-0.05, 0) is 0 Å². The third-order valence-electron chi connectivity index (χ3n) is 0. The molecule has 1 radical (unpaired) electrons. The summed E-state index contributed by atoms with van der Waals surface area (Å²) in [5, 5.41) is 0. The van der Waals surface area contributed by atoms with E-state index in [1.165, 1.54) is 0 Å². The maximum atomic E-state index is 8.55. The van der Waals surface area contributed by atoms with Gasteiger partial charge in [0, 0.05) is 4.70 Å². The van der Waals surface area contributed by atoms with Gasteiger partial charge in [-0.25, -0.2) is 0 Å². The number of hydrogen-bond acceptors (Lipinski definition) is 8. The Hall–Kier alpha value is 1.73. The zero-order valence-corrected chi connectivity index (χ0v) is 11.2. The van der Waals surface area contributed by atoms with E-state index in [2.05, 4.69) is 0 Å². The Kier molecular flexibility index (Phi) is 26.6. The van der Waals surface area contributed by atoms with Crippen LogP contribution >= 0.6 is 15.6 Å². The van der Waals surface area contributed by atoms with E-state index in [0.717, 1.165) is 0 Å². The van der Waals surface area contributed by atoms with Crippen LogP contribution in [-0.4, -0.2) is 0 Å². The molecule has 0 atom stereocenters. The summed E-state index contributed by atoms with van der Waals surface area (Å²) in [6, 6.07) is 0. The number of halogens is 1. The largest absolute Gasteiger partial charge is 5.00 e. The minimum Gasteiger partial charge on any atom is -0.822 e. The van der Waals surface area contributed by atoms with E-state index >= 15 is 0 Å². The molecule has 0 aromatic heterocycles. The summed E-state index contributed by atoms with van der Waals surface area (Å²) in [6.07, 6.45) is 0. The average Bonchev–Trinajstić information content (AvgIpc) is 1.12. The number of phosphoric acid groups is 2. The second kappa shape index (κ2) is 11.8. The van der Waals surface area contributed by atoms with Crippen LogP contribution in [0.3, 0.4) is 0 Å². The Bertz CT molecular complexity index is 134. The first-order valence-corrected chi connectivity index (χ1v) is 4.38. The summed E-state index contributed by atoms with van der Waals surface area (Å²) in [6.45, 7) is 0. The second-order valence-corrected chi connectivity index (χ2v) is 2.68. The van der Waals surface area contributed by atoms with Crippen molar-refractivity contribution in [2.75, 3.05) is 0 Å². The monoisotopic (exact) mass is 283 g/mol. The third kappa shape index (κ3) is 629. The van der Waals surface area contributed by atoms with Crippen LogP contribution in [0.5, 0.6) is 0 Å². The summed E-state index contributed by atoms with van der Waals surface area (Å²) in [5.74, 6) is 0. The summed E-state index contributed by atoms with van der Waals surface area (Å²) < 4.78 is 17.1. The molecule has 0 bridgehead atoms. The van der Waals surface area contributed by atoms with Crippen LogP contribution in [0.15, 0.2) is 0 Å². The fraction of sp³-hybridized carbons (Fsp3) is 0. The first kappa shape index (κ1) is 29.3. The van der Waals surface area contributed by atoms with Gasteiger partial charge in [0.1, 0.15) is 0 Å². The molecule has 0 heterocycles. The van der Waals surface area contributed by atoms with E-state index in [1.54, 1.807) is 0 Å². The van der Waals surface area contributed by atoms with Crippen LogP contribution < -0.4 is 58.9 Å². The van der Waals surface area contributed by atoms with Crippen molar-refractivity contribution in [2.24, 2.45) is 0 Å². The Morgan fingerprint density at radius 1 is 0.692 bits per heavy atom. The molecule has 0 amide bonds. The molecule has 0 aliphatic carbocycles. The van der Waals surface area contributed by atoms with Crippen LogP contribution in [0.4, 0.5) is 4.70 Å². The molecule has 0 rings (SSSR count). The molecule has 13 heteroatoms. The topological polar surface area (TPSA) is 172 Å². The predicted molar refractivity (Wildman–Crippen MR) is 16.3 cm³/mol. The molecular formula is FNaO8P2V. The molecule has 0 N–H and O–H groups in total. The molecule has 13 heavy (non-hydrogen) atoms. The van der Waals surface area contributed by atoms with Gasteiger partial charge in [0.15, 0.2) is 0 Å². The van der Waals surface area contributed by atoms with Crippen LogP contribution in [0, 0.1) is 0 Å². The van der Waals surface area contributed by atoms with Crippen molar-refractivity contribution < 1.29 is 91.3 Å². The van der Waals surface area contributed by atoms with Crippen molar-refractivity contribution in [2.45, 2.75) is 0 Å². The zero-order chi connectivity index (χ0) is 9.00. The first-order valence-electron chi connectivity index (χ1n) is 1.46. The summed E-state index contributed by atoms with van der Waals surface area (Å²) in [4.78, 5) is 51.3. The average molecular weight is 283 g/mol. The Labute approximate surface area is 106 Å². The quantitative estimate of drug-likeness (QED) is 0.311. The van der Waals surface area contributed by atoms with Crippen molar-refractivity contribution in [3.8, 4) is 0 Å². The maximum Gasteiger partial charge on any atom is 5.00 e. The maximum absolute atomic E-state index is 8.55. The van der Waals surface area contributed by atoms with Gasteiger partial charge in [0.25, 0.3) is 0 Å². The molecule has 0 aromatic carbocycles. The summed E-state index contributed by atoms with van der Waals surface area (Å²) in [7, 11) is -10.8. The van der Waals surface area contributed by atoms with Gasteiger partial charge < -0.3 is 38.5 Å². The zero-order valence-electron chi connectivity index (χ0n) is 5.99. The van der Waals surface area contributed by atoms with E-state index in [-0.39, 0.29) is 52.8 Å². The molecule has 0 fully saturated rings. The van der Waals surface area contributed by atoms with E-state index in [4.69, 9.17) is 38.5 Å². The van der Waals surface area contributed by atoms with E-state index < -0.39 is 15.6 Å². The van der Waals surface area contributed by atoms with E-state index in [1.807, 2.05) is 0 Å². The van der Waals surface area contributed by atoms with Crippen molar-refractivity contribution >= 4 is 15.6 Å². The van der Waals surface area contributed by atoms with Gasteiger partial charge in [0.05, 0.1) is 0 Å².